The van der Waals surface area contributed by atoms with Crippen molar-refractivity contribution >= 4 is 45.5 Å². The van der Waals surface area contributed by atoms with Gasteiger partial charge in [0.15, 0.2) is 0 Å². The third-order valence-electron chi connectivity index (χ3n) is 6.64. The molecule has 0 bridgehead atoms. The Balaban J connectivity index is 1.57. The summed E-state index contributed by atoms with van der Waals surface area (Å²) in [6.45, 7) is 4.78. The summed E-state index contributed by atoms with van der Waals surface area (Å²) in [5.74, 6) is 1.61. The fourth-order valence-electron chi connectivity index (χ4n) is 4.81. The first-order chi connectivity index (χ1) is 17.0. The van der Waals surface area contributed by atoms with Gasteiger partial charge in [-0.25, -0.2) is 19.3 Å². The second kappa shape index (κ2) is 9.66. The zero-order valence-electron chi connectivity index (χ0n) is 19.7. The number of nitrogens with zero attached hydrogens (tertiary/aromatic N) is 3. The quantitative estimate of drug-likeness (QED) is 0.278. The Labute approximate surface area is 208 Å². The van der Waals surface area contributed by atoms with Crippen LogP contribution in [0.15, 0.2) is 55.0 Å². The van der Waals surface area contributed by atoms with Gasteiger partial charge in [0.25, 0.3) is 0 Å². The van der Waals surface area contributed by atoms with E-state index < -0.39 is 5.82 Å². The Morgan fingerprint density at radius 3 is 2.63 bits per heavy atom. The minimum Gasteiger partial charge on any atom is -0.492 e. The number of pyridine rings is 1. The zero-order chi connectivity index (χ0) is 24.4. The van der Waals surface area contributed by atoms with Crippen molar-refractivity contribution in [3.63, 3.8) is 0 Å². The Hall–Kier alpha value is -3.45. The average molecular weight is 492 g/mol. The highest BCUT2D eigenvalue weighted by molar-refractivity contribution is 6.31. The first-order valence-electron chi connectivity index (χ1n) is 11.8. The van der Waals surface area contributed by atoms with Crippen molar-refractivity contribution in [3.05, 3.63) is 71.4 Å². The summed E-state index contributed by atoms with van der Waals surface area (Å²) in [5.41, 5.74) is 3.42. The molecule has 0 spiro atoms. The van der Waals surface area contributed by atoms with Gasteiger partial charge in [0.1, 0.15) is 29.5 Å². The van der Waals surface area contributed by atoms with E-state index in [1.54, 1.807) is 12.3 Å². The number of rotatable bonds is 7. The first kappa shape index (κ1) is 23.3. The summed E-state index contributed by atoms with van der Waals surface area (Å²) < 4.78 is 19.6. The molecule has 4 aromatic rings. The SMILES string of the molecule is CCOc1cc2ncnc(Nc3ccc(F)c(Cl)c3)c2cc1Nc1ncccc1C1(C)CCCC1. The molecule has 0 aliphatic heterocycles. The minimum absolute atomic E-state index is 0.0393. The molecule has 2 aromatic carbocycles. The van der Waals surface area contributed by atoms with E-state index >= 15 is 0 Å². The van der Waals surface area contributed by atoms with E-state index in [2.05, 4.69) is 38.6 Å². The van der Waals surface area contributed by atoms with E-state index in [9.17, 15) is 4.39 Å². The van der Waals surface area contributed by atoms with E-state index in [1.807, 2.05) is 25.1 Å². The molecule has 0 amide bonds. The molecular weight excluding hydrogens is 465 g/mol. The molecule has 2 heterocycles. The van der Waals surface area contributed by atoms with Gasteiger partial charge < -0.3 is 15.4 Å². The monoisotopic (exact) mass is 491 g/mol. The van der Waals surface area contributed by atoms with Gasteiger partial charge in [0.2, 0.25) is 0 Å². The van der Waals surface area contributed by atoms with Crippen molar-refractivity contribution in [1.29, 1.82) is 0 Å². The number of halogens is 2. The predicted octanol–water partition coefficient (Wildman–Crippen LogP) is 7.53. The van der Waals surface area contributed by atoms with Crippen LogP contribution in [0.2, 0.25) is 5.02 Å². The van der Waals surface area contributed by atoms with Gasteiger partial charge in [-0.2, -0.15) is 0 Å². The van der Waals surface area contributed by atoms with Crippen LogP contribution in [0, 0.1) is 5.82 Å². The molecule has 6 nitrogen and oxygen atoms in total. The van der Waals surface area contributed by atoms with Crippen molar-refractivity contribution in [2.24, 2.45) is 0 Å². The largest absolute Gasteiger partial charge is 0.492 e. The molecular formula is C27H27ClFN5O. The van der Waals surface area contributed by atoms with E-state index in [-0.39, 0.29) is 10.4 Å². The molecule has 5 rings (SSSR count). The van der Waals surface area contributed by atoms with Gasteiger partial charge in [-0.15, -0.1) is 0 Å². The number of aromatic nitrogens is 3. The number of anilines is 4. The number of ether oxygens (including phenoxy) is 1. The van der Waals surface area contributed by atoms with Crippen molar-refractivity contribution in [3.8, 4) is 5.75 Å². The summed E-state index contributed by atoms with van der Waals surface area (Å²) in [4.78, 5) is 13.6. The maximum Gasteiger partial charge on any atom is 0.144 e. The van der Waals surface area contributed by atoms with Crippen molar-refractivity contribution in [1.82, 2.24) is 15.0 Å². The average Bonchev–Trinajstić information content (AvgIpc) is 3.30. The predicted molar refractivity (Wildman–Crippen MR) is 139 cm³/mol. The molecule has 35 heavy (non-hydrogen) atoms. The van der Waals surface area contributed by atoms with Crippen LogP contribution in [0.5, 0.6) is 5.75 Å². The summed E-state index contributed by atoms with van der Waals surface area (Å²) in [7, 11) is 0. The lowest BCUT2D eigenvalue weighted by molar-refractivity contribution is 0.342. The molecule has 2 N–H and O–H groups in total. The van der Waals surface area contributed by atoms with Crippen molar-refractivity contribution in [2.45, 2.75) is 44.9 Å². The number of hydrogen-bond donors (Lipinski definition) is 2. The normalized spacial score (nSPS) is 14.7. The van der Waals surface area contributed by atoms with Crippen LogP contribution in [0.3, 0.4) is 0 Å². The molecule has 1 fully saturated rings. The van der Waals surface area contributed by atoms with E-state index in [0.29, 0.717) is 29.4 Å². The van der Waals surface area contributed by atoms with Crippen LogP contribution >= 0.6 is 11.6 Å². The van der Waals surface area contributed by atoms with Gasteiger partial charge >= 0.3 is 0 Å². The second-order valence-corrected chi connectivity index (χ2v) is 9.47. The van der Waals surface area contributed by atoms with Gasteiger partial charge in [0.05, 0.1) is 22.8 Å². The molecule has 2 aromatic heterocycles. The van der Waals surface area contributed by atoms with E-state index in [0.717, 1.165) is 29.7 Å². The van der Waals surface area contributed by atoms with Crippen LogP contribution in [-0.2, 0) is 5.41 Å². The van der Waals surface area contributed by atoms with Crippen molar-refractivity contribution < 1.29 is 9.13 Å². The van der Waals surface area contributed by atoms with Crippen molar-refractivity contribution in [2.75, 3.05) is 17.2 Å². The Bertz CT molecular complexity index is 1370. The summed E-state index contributed by atoms with van der Waals surface area (Å²) >= 11 is 5.97. The summed E-state index contributed by atoms with van der Waals surface area (Å²) in [6.07, 6.45) is 8.03. The van der Waals surface area contributed by atoms with Crippen LogP contribution in [0.25, 0.3) is 10.9 Å². The standard InChI is InChI=1S/C27H27ClFN5O/c1-3-35-24-15-22-18(25(32-16-31-22)33-17-8-9-21(29)20(28)13-17)14-23(24)34-26-19(7-6-12-30-26)27(2)10-4-5-11-27/h6-9,12-16H,3-5,10-11H2,1-2H3,(H,30,34)(H,31,32,33). The highest BCUT2D eigenvalue weighted by atomic mass is 35.5. The number of fused-ring (bicyclic) bond motifs is 1. The number of hydrogen-bond acceptors (Lipinski definition) is 6. The molecule has 0 atom stereocenters. The minimum atomic E-state index is -0.472. The van der Waals surface area contributed by atoms with Crippen LogP contribution in [0.1, 0.15) is 45.1 Å². The van der Waals surface area contributed by atoms with Gasteiger partial charge in [-0.05, 0) is 55.5 Å². The molecule has 8 heteroatoms. The lowest BCUT2D eigenvalue weighted by atomic mass is 9.81. The summed E-state index contributed by atoms with van der Waals surface area (Å²) in [6, 6.07) is 12.5. The van der Waals surface area contributed by atoms with E-state index in [4.69, 9.17) is 16.3 Å². The van der Waals surface area contributed by atoms with Crippen LogP contribution in [0.4, 0.5) is 27.4 Å². The van der Waals surface area contributed by atoms with Gasteiger partial charge in [0, 0.05) is 28.9 Å². The number of benzene rings is 2. The highest BCUT2D eigenvalue weighted by Gasteiger charge is 2.33. The molecule has 1 aliphatic rings. The zero-order valence-corrected chi connectivity index (χ0v) is 20.5. The Morgan fingerprint density at radius 2 is 1.86 bits per heavy atom. The molecule has 0 unspecified atom stereocenters. The van der Waals surface area contributed by atoms with Gasteiger partial charge in [-0.3, -0.25) is 0 Å². The third kappa shape index (κ3) is 4.73. The van der Waals surface area contributed by atoms with Gasteiger partial charge in [-0.1, -0.05) is 37.4 Å². The molecule has 180 valence electrons. The number of nitrogens with one attached hydrogen (secondary N) is 2. The maximum absolute atomic E-state index is 13.6. The fourth-order valence-corrected chi connectivity index (χ4v) is 4.99. The lowest BCUT2D eigenvalue weighted by Crippen LogP contribution is -2.19. The molecule has 1 aliphatic carbocycles. The maximum atomic E-state index is 13.6. The Kier molecular flexibility index (Phi) is 6.43. The lowest BCUT2D eigenvalue weighted by Gasteiger charge is -2.27. The molecule has 0 radical (unpaired) electrons. The second-order valence-electron chi connectivity index (χ2n) is 9.07. The Morgan fingerprint density at radius 1 is 1.03 bits per heavy atom. The first-order valence-corrected chi connectivity index (χ1v) is 12.2. The van der Waals surface area contributed by atoms with Crippen LogP contribution < -0.4 is 15.4 Å². The van der Waals surface area contributed by atoms with E-state index in [1.165, 1.54) is 36.9 Å². The van der Waals surface area contributed by atoms with Crippen LogP contribution in [-0.4, -0.2) is 21.6 Å². The highest BCUT2D eigenvalue weighted by Crippen LogP contribution is 2.44. The third-order valence-corrected chi connectivity index (χ3v) is 6.93. The topological polar surface area (TPSA) is 72.0 Å². The smallest absolute Gasteiger partial charge is 0.144 e. The molecule has 1 saturated carbocycles. The fraction of sp³-hybridized carbons (Fsp3) is 0.296. The summed E-state index contributed by atoms with van der Waals surface area (Å²) in [5, 5.41) is 7.59. The molecule has 0 saturated heterocycles.